The van der Waals surface area contributed by atoms with Gasteiger partial charge in [-0.2, -0.15) is 0 Å². The summed E-state index contributed by atoms with van der Waals surface area (Å²) >= 11 is 0. The molecule has 1 unspecified atom stereocenters. The molecule has 3 aliphatic carbocycles. The first-order valence-electron chi connectivity index (χ1n) is 21.3. The molecule has 13 rings (SSSR count). The summed E-state index contributed by atoms with van der Waals surface area (Å²) in [5, 5.41) is 4.54. The number of para-hydroxylation sites is 1. The lowest BCUT2D eigenvalue weighted by molar-refractivity contribution is 0.626. The maximum Gasteiger partial charge on any atom is 0.143 e. The second-order valence-electron chi connectivity index (χ2n) is 17.5. The third-order valence-corrected chi connectivity index (χ3v) is 14.3. The van der Waals surface area contributed by atoms with Crippen LogP contribution in [0.1, 0.15) is 53.6 Å². The van der Waals surface area contributed by atoms with Gasteiger partial charge in [0.25, 0.3) is 0 Å². The van der Waals surface area contributed by atoms with E-state index in [1.165, 1.54) is 72.1 Å². The van der Waals surface area contributed by atoms with E-state index < -0.39 is 0 Å². The lowest BCUT2D eigenvalue weighted by Crippen LogP contribution is -2.24. The van der Waals surface area contributed by atoms with Crippen LogP contribution in [0.15, 0.2) is 192 Å². The molecule has 1 aromatic heterocycles. The molecule has 2 nitrogen and oxygen atoms in total. The van der Waals surface area contributed by atoms with Crippen molar-refractivity contribution in [1.82, 2.24) is 0 Å². The van der Waals surface area contributed by atoms with Crippen molar-refractivity contribution < 1.29 is 4.42 Å². The van der Waals surface area contributed by atoms with E-state index in [2.05, 4.69) is 207 Å². The number of hydrogen-bond acceptors (Lipinski definition) is 2. The Bertz CT molecular complexity index is 3440. The summed E-state index contributed by atoms with van der Waals surface area (Å²) in [5.74, 6) is 0. The Hall–Kier alpha value is -7.16. The molecule has 284 valence electrons. The maximum atomic E-state index is 6.87. The molecule has 0 saturated carbocycles. The average Bonchev–Trinajstić information content (AvgIpc) is 4.02. The van der Waals surface area contributed by atoms with Crippen molar-refractivity contribution in [2.75, 3.05) is 4.90 Å². The molecule has 0 amide bonds. The molecular formula is C58H41NO. The van der Waals surface area contributed by atoms with Gasteiger partial charge in [-0.3, -0.25) is 0 Å². The maximum absolute atomic E-state index is 6.87. The van der Waals surface area contributed by atoms with Crippen LogP contribution in [0.4, 0.5) is 17.1 Å². The van der Waals surface area contributed by atoms with Gasteiger partial charge in [0, 0.05) is 32.9 Å². The molecule has 1 spiro atoms. The van der Waals surface area contributed by atoms with Gasteiger partial charge in [0.2, 0.25) is 0 Å². The predicted molar refractivity (Wildman–Crippen MR) is 249 cm³/mol. The molecule has 0 aliphatic heterocycles. The van der Waals surface area contributed by atoms with E-state index in [0.717, 1.165) is 57.2 Å². The molecule has 9 aromatic carbocycles. The number of anilines is 3. The second kappa shape index (κ2) is 12.2. The van der Waals surface area contributed by atoms with E-state index in [4.69, 9.17) is 4.42 Å². The Morgan fingerprint density at radius 3 is 1.97 bits per heavy atom. The summed E-state index contributed by atoms with van der Waals surface area (Å²) in [5.41, 5.74) is 21.0. The first-order chi connectivity index (χ1) is 29.5. The zero-order valence-electron chi connectivity index (χ0n) is 33.7. The molecule has 3 aliphatic rings. The van der Waals surface area contributed by atoms with E-state index in [0.29, 0.717) is 0 Å². The molecule has 10 aromatic rings. The monoisotopic (exact) mass is 767 g/mol. The van der Waals surface area contributed by atoms with Gasteiger partial charge >= 0.3 is 0 Å². The number of nitrogens with zero attached hydrogens (tertiary/aromatic N) is 1. The number of furan rings is 1. The van der Waals surface area contributed by atoms with Crippen molar-refractivity contribution in [2.45, 2.75) is 37.5 Å². The van der Waals surface area contributed by atoms with Crippen LogP contribution in [0.2, 0.25) is 0 Å². The highest BCUT2D eigenvalue weighted by Gasteiger charge is 2.48. The van der Waals surface area contributed by atoms with Crippen molar-refractivity contribution in [2.24, 2.45) is 0 Å². The summed E-state index contributed by atoms with van der Waals surface area (Å²) in [6.45, 7) is 4.78. The quantitative estimate of drug-likeness (QED) is 0.177. The molecule has 1 heterocycles. The highest BCUT2D eigenvalue weighted by molar-refractivity contribution is 6.20. The fourth-order valence-electron chi connectivity index (χ4n) is 11.8. The highest BCUT2D eigenvalue weighted by Crippen LogP contribution is 2.60. The zero-order chi connectivity index (χ0) is 39.7. The van der Waals surface area contributed by atoms with Crippen molar-refractivity contribution >= 4 is 49.8 Å². The van der Waals surface area contributed by atoms with E-state index in [1.807, 2.05) is 0 Å². The number of rotatable bonds is 4. The van der Waals surface area contributed by atoms with Crippen LogP contribution >= 0.6 is 0 Å². The summed E-state index contributed by atoms with van der Waals surface area (Å²) in [6, 6.07) is 70.1. The first-order valence-corrected chi connectivity index (χ1v) is 21.3. The molecule has 0 saturated heterocycles. The van der Waals surface area contributed by atoms with E-state index in [1.54, 1.807) is 0 Å². The molecule has 1 atom stereocenters. The minimum absolute atomic E-state index is 0.177. The van der Waals surface area contributed by atoms with E-state index in [-0.39, 0.29) is 10.8 Å². The third kappa shape index (κ3) is 4.38. The molecule has 0 fully saturated rings. The Morgan fingerprint density at radius 2 is 1.10 bits per heavy atom. The van der Waals surface area contributed by atoms with Gasteiger partial charge < -0.3 is 9.32 Å². The van der Waals surface area contributed by atoms with Gasteiger partial charge in [0.15, 0.2) is 0 Å². The molecule has 60 heavy (non-hydrogen) atoms. The fraction of sp³-hybridized carbons (Fsp3) is 0.103. The largest absolute Gasteiger partial charge is 0.455 e. The molecule has 0 radical (unpaired) electrons. The highest BCUT2D eigenvalue weighted by atomic mass is 16.3. The minimum atomic E-state index is -0.215. The van der Waals surface area contributed by atoms with Gasteiger partial charge in [-0.05, 0) is 116 Å². The smallest absolute Gasteiger partial charge is 0.143 e. The number of hydrogen-bond donors (Lipinski definition) is 0. The lowest BCUT2D eigenvalue weighted by atomic mass is 9.73. The Morgan fingerprint density at radius 1 is 0.467 bits per heavy atom. The average molecular weight is 768 g/mol. The molecule has 0 bridgehead atoms. The van der Waals surface area contributed by atoms with Crippen LogP contribution in [-0.4, -0.2) is 0 Å². The van der Waals surface area contributed by atoms with Gasteiger partial charge in [-0.1, -0.05) is 166 Å². The van der Waals surface area contributed by atoms with Crippen LogP contribution in [0, 0.1) is 0 Å². The number of aryl methyl sites for hydroxylation is 1. The standard InChI is InChI=1S/C58H41NO/c1-57(2)48-24-10-6-19-41(48)44-21-13-22-45(55(44)57)43-20-8-12-26-51(43)59(52-27-14-28-53-54(52)46-31-29-36-15-3-5-17-39(36)56(46)60-53)38-30-32-42-40-18-7-11-25-49(40)58(50(42)35-38)34-33-37-16-4-9-23-47(37)58/h3-32,35H,33-34H2,1-2H3. The Balaban J connectivity index is 1.11. The predicted octanol–water partition coefficient (Wildman–Crippen LogP) is 15.4. The fourth-order valence-corrected chi connectivity index (χ4v) is 11.8. The normalized spacial score (nSPS) is 16.6. The van der Waals surface area contributed by atoms with Crippen LogP contribution in [0.3, 0.4) is 0 Å². The zero-order valence-corrected chi connectivity index (χ0v) is 33.7. The van der Waals surface area contributed by atoms with Crippen molar-refractivity contribution in [3.8, 4) is 33.4 Å². The summed E-state index contributed by atoms with van der Waals surface area (Å²) < 4.78 is 6.87. The third-order valence-electron chi connectivity index (χ3n) is 14.3. The van der Waals surface area contributed by atoms with Gasteiger partial charge in [0.1, 0.15) is 11.2 Å². The molecule has 2 heteroatoms. The van der Waals surface area contributed by atoms with Crippen molar-refractivity contribution in [3.05, 3.63) is 221 Å². The van der Waals surface area contributed by atoms with Crippen LogP contribution in [0.25, 0.3) is 66.1 Å². The summed E-state index contributed by atoms with van der Waals surface area (Å²) in [4.78, 5) is 2.54. The number of benzene rings is 9. The van der Waals surface area contributed by atoms with Crippen molar-refractivity contribution in [3.63, 3.8) is 0 Å². The van der Waals surface area contributed by atoms with Gasteiger partial charge in [-0.25, -0.2) is 0 Å². The summed E-state index contributed by atoms with van der Waals surface area (Å²) in [7, 11) is 0. The lowest BCUT2D eigenvalue weighted by Gasteiger charge is -2.32. The van der Waals surface area contributed by atoms with Crippen molar-refractivity contribution in [1.29, 1.82) is 0 Å². The Kier molecular flexibility index (Phi) is 6.86. The first kappa shape index (κ1) is 33.8. The second-order valence-corrected chi connectivity index (χ2v) is 17.5. The Labute approximate surface area is 350 Å². The summed E-state index contributed by atoms with van der Waals surface area (Å²) in [6.07, 6.45) is 2.11. The number of fused-ring (bicyclic) bond motifs is 15. The minimum Gasteiger partial charge on any atom is -0.455 e. The molecule has 0 N–H and O–H groups in total. The van der Waals surface area contributed by atoms with E-state index >= 15 is 0 Å². The SMILES string of the molecule is CC1(C)c2ccccc2-c2cccc(-c3ccccc3N(c3ccc4c(c3)C3(CCc5ccccc53)c3ccccc3-4)c3cccc4oc5c6ccccc6ccc5c34)c21. The van der Waals surface area contributed by atoms with Gasteiger partial charge in [0.05, 0.1) is 16.8 Å². The topological polar surface area (TPSA) is 16.4 Å². The van der Waals surface area contributed by atoms with Crippen LogP contribution in [0.5, 0.6) is 0 Å². The van der Waals surface area contributed by atoms with Crippen LogP contribution in [-0.2, 0) is 17.3 Å². The molecular weight excluding hydrogens is 727 g/mol. The van der Waals surface area contributed by atoms with Gasteiger partial charge in [-0.15, -0.1) is 0 Å². The van der Waals surface area contributed by atoms with E-state index in [9.17, 15) is 0 Å². The van der Waals surface area contributed by atoms with Crippen LogP contribution < -0.4 is 4.90 Å².